The highest BCUT2D eigenvalue weighted by Crippen LogP contribution is 2.26. The molecule has 0 bridgehead atoms. The van der Waals surface area contributed by atoms with Crippen molar-refractivity contribution in [2.45, 2.75) is 19.9 Å². The maximum atomic E-state index is 5.99. The highest BCUT2D eigenvalue weighted by molar-refractivity contribution is 6.30. The molecule has 1 heterocycles. The Morgan fingerprint density at radius 1 is 1.50 bits per heavy atom. The molecule has 0 aliphatic carbocycles. The van der Waals surface area contributed by atoms with Crippen LogP contribution in [-0.2, 0) is 0 Å². The Kier molecular flexibility index (Phi) is 3.06. The van der Waals surface area contributed by atoms with Crippen LogP contribution in [0.25, 0.3) is 0 Å². The van der Waals surface area contributed by atoms with Gasteiger partial charge >= 0.3 is 0 Å². The first-order valence-corrected chi connectivity index (χ1v) is 5.82. The lowest BCUT2D eigenvalue weighted by atomic mass is 10.0. The van der Waals surface area contributed by atoms with Crippen LogP contribution in [0.1, 0.15) is 13.8 Å². The molecule has 0 radical (unpaired) electrons. The van der Waals surface area contributed by atoms with Gasteiger partial charge in [-0.3, -0.25) is 4.99 Å². The minimum atomic E-state index is 0.332. The third kappa shape index (κ3) is 2.00. The van der Waals surface area contributed by atoms with Crippen molar-refractivity contribution in [3.8, 4) is 0 Å². The van der Waals surface area contributed by atoms with E-state index in [9.17, 15) is 0 Å². The SMILES string of the molecule is CC(C)C1CN=C(N)N1c1cccc(Cl)c1. The number of nitrogens with two attached hydrogens (primary N) is 1. The van der Waals surface area contributed by atoms with E-state index in [1.807, 2.05) is 24.3 Å². The van der Waals surface area contributed by atoms with Crippen LogP contribution in [0.15, 0.2) is 29.3 Å². The largest absolute Gasteiger partial charge is 0.370 e. The van der Waals surface area contributed by atoms with Gasteiger partial charge in [0.25, 0.3) is 0 Å². The summed E-state index contributed by atoms with van der Waals surface area (Å²) in [6.45, 7) is 5.11. The second kappa shape index (κ2) is 4.34. The summed E-state index contributed by atoms with van der Waals surface area (Å²) in [6.07, 6.45) is 0. The summed E-state index contributed by atoms with van der Waals surface area (Å²) in [5.74, 6) is 1.09. The van der Waals surface area contributed by atoms with E-state index in [-0.39, 0.29) is 0 Å². The average molecular weight is 238 g/mol. The Morgan fingerprint density at radius 3 is 2.88 bits per heavy atom. The topological polar surface area (TPSA) is 41.6 Å². The van der Waals surface area contributed by atoms with E-state index >= 15 is 0 Å². The van der Waals surface area contributed by atoms with Crippen molar-refractivity contribution < 1.29 is 0 Å². The molecule has 2 N–H and O–H groups in total. The van der Waals surface area contributed by atoms with Gasteiger partial charge in [-0.2, -0.15) is 0 Å². The molecule has 1 aromatic rings. The van der Waals surface area contributed by atoms with Crippen LogP contribution in [0.5, 0.6) is 0 Å². The Hall–Kier alpha value is -1.22. The van der Waals surface area contributed by atoms with Crippen molar-refractivity contribution in [1.82, 2.24) is 0 Å². The molecule has 3 nitrogen and oxygen atoms in total. The Labute approximate surface area is 101 Å². The van der Waals surface area contributed by atoms with Gasteiger partial charge < -0.3 is 10.6 Å². The molecule has 0 saturated carbocycles. The molecular weight excluding hydrogens is 222 g/mol. The monoisotopic (exact) mass is 237 g/mol. The second-order valence-electron chi connectivity index (χ2n) is 4.36. The van der Waals surface area contributed by atoms with Crippen molar-refractivity contribution in [2.75, 3.05) is 11.4 Å². The molecule has 0 spiro atoms. The van der Waals surface area contributed by atoms with Gasteiger partial charge in [0, 0.05) is 10.7 Å². The number of hydrogen-bond acceptors (Lipinski definition) is 3. The first-order chi connectivity index (χ1) is 7.59. The van der Waals surface area contributed by atoms with Gasteiger partial charge in [-0.15, -0.1) is 0 Å². The van der Waals surface area contributed by atoms with Gasteiger partial charge in [0.1, 0.15) is 0 Å². The van der Waals surface area contributed by atoms with E-state index in [1.165, 1.54) is 0 Å². The number of halogens is 1. The lowest BCUT2D eigenvalue weighted by Crippen LogP contribution is -2.43. The lowest BCUT2D eigenvalue weighted by Gasteiger charge is -2.29. The lowest BCUT2D eigenvalue weighted by molar-refractivity contribution is 0.517. The maximum absolute atomic E-state index is 5.99. The van der Waals surface area contributed by atoms with Crippen LogP contribution in [-0.4, -0.2) is 18.5 Å². The Morgan fingerprint density at radius 2 is 2.25 bits per heavy atom. The third-order valence-electron chi connectivity index (χ3n) is 2.87. The Balaban J connectivity index is 2.34. The highest BCUT2D eigenvalue weighted by Gasteiger charge is 2.29. The minimum Gasteiger partial charge on any atom is -0.370 e. The van der Waals surface area contributed by atoms with Crippen LogP contribution < -0.4 is 10.6 Å². The molecule has 1 aliphatic heterocycles. The predicted molar refractivity (Wildman–Crippen MR) is 69.0 cm³/mol. The zero-order valence-electron chi connectivity index (χ0n) is 9.52. The van der Waals surface area contributed by atoms with E-state index in [0.717, 1.165) is 17.3 Å². The van der Waals surface area contributed by atoms with Crippen LogP contribution in [0.4, 0.5) is 5.69 Å². The van der Waals surface area contributed by atoms with E-state index in [2.05, 4.69) is 23.7 Å². The summed E-state index contributed by atoms with van der Waals surface area (Å²) in [7, 11) is 0. The van der Waals surface area contributed by atoms with Gasteiger partial charge in [0.05, 0.1) is 12.6 Å². The summed E-state index contributed by atoms with van der Waals surface area (Å²) in [5, 5.41) is 0.722. The fourth-order valence-corrected chi connectivity index (χ4v) is 2.16. The molecule has 2 rings (SSSR count). The molecule has 0 aromatic heterocycles. The first kappa shape index (κ1) is 11.3. The number of benzene rings is 1. The molecule has 1 aliphatic rings. The summed E-state index contributed by atoms with van der Waals surface area (Å²) in [5.41, 5.74) is 6.94. The van der Waals surface area contributed by atoms with E-state index in [1.54, 1.807) is 0 Å². The molecular formula is C12H16ClN3. The molecule has 86 valence electrons. The summed E-state index contributed by atoms with van der Waals surface area (Å²) in [4.78, 5) is 6.37. The molecule has 1 aromatic carbocycles. The Bertz CT molecular complexity index is 414. The third-order valence-corrected chi connectivity index (χ3v) is 3.11. The second-order valence-corrected chi connectivity index (χ2v) is 4.80. The zero-order valence-corrected chi connectivity index (χ0v) is 10.3. The molecule has 0 amide bonds. The minimum absolute atomic E-state index is 0.332. The average Bonchev–Trinajstić information content (AvgIpc) is 2.60. The van der Waals surface area contributed by atoms with E-state index in [0.29, 0.717) is 17.9 Å². The van der Waals surface area contributed by atoms with Crippen molar-refractivity contribution in [3.63, 3.8) is 0 Å². The van der Waals surface area contributed by atoms with Gasteiger partial charge in [-0.25, -0.2) is 0 Å². The van der Waals surface area contributed by atoms with Crippen LogP contribution in [0.3, 0.4) is 0 Å². The van der Waals surface area contributed by atoms with Crippen molar-refractivity contribution in [2.24, 2.45) is 16.6 Å². The predicted octanol–water partition coefficient (Wildman–Crippen LogP) is 2.50. The number of aliphatic imine (C=N–C) groups is 1. The smallest absolute Gasteiger partial charge is 0.196 e. The van der Waals surface area contributed by atoms with Crippen molar-refractivity contribution in [3.05, 3.63) is 29.3 Å². The summed E-state index contributed by atoms with van der Waals surface area (Å²) < 4.78 is 0. The standard InChI is InChI=1S/C12H16ClN3/c1-8(2)11-7-15-12(14)16(11)10-5-3-4-9(13)6-10/h3-6,8,11H,7H2,1-2H3,(H2,14,15). The quantitative estimate of drug-likeness (QED) is 0.859. The summed E-state index contributed by atoms with van der Waals surface area (Å²) >= 11 is 5.99. The molecule has 0 saturated heterocycles. The maximum Gasteiger partial charge on any atom is 0.196 e. The van der Waals surface area contributed by atoms with Gasteiger partial charge in [0.2, 0.25) is 0 Å². The van der Waals surface area contributed by atoms with Gasteiger partial charge in [-0.05, 0) is 24.1 Å². The number of rotatable bonds is 2. The highest BCUT2D eigenvalue weighted by atomic mass is 35.5. The number of nitrogens with zero attached hydrogens (tertiary/aromatic N) is 2. The zero-order chi connectivity index (χ0) is 11.7. The normalized spacial score (nSPS) is 20.4. The molecule has 4 heteroatoms. The number of hydrogen-bond donors (Lipinski definition) is 1. The molecule has 0 fully saturated rings. The van der Waals surface area contributed by atoms with E-state index in [4.69, 9.17) is 17.3 Å². The van der Waals surface area contributed by atoms with Crippen LogP contribution in [0.2, 0.25) is 5.02 Å². The van der Waals surface area contributed by atoms with Gasteiger partial charge in [0.15, 0.2) is 5.96 Å². The first-order valence-electron chi connectivity index (χ1n) is 5.44. The fraction of sp³-hybridized carbons (Fsp3) is 0.417. The van der Waals surface area contributed by atoms with Crippen molar-refractivity contribution in [1.29, 1.82) is 0 Å². The fourth-order valence-electron chi connectivity index (χ4n) is 1.97. The van der Waals surface area contributed by atoms with Gasteiger partial charge in [-0.1, -0.05) is 31.5 Å². The molecule has 16 heavy (non-hydrogen) atoms. The summed E-state index contributed by atoms with van der Waals surface area (Å²) in [6, 6.07) is 8.05. The molecule has 1 unspecified atom stereocenters. The number of anilines is 1. The van der Waals surface area contributed by atoms with Crippen LogP contribution in [0, 0.1) is 5.92 Å². The number of guanidine groups is 1. The van der Waals surface area contributed by atoms with Crippen LogP contribution >= 0.6 is 11.6 Å². The van der Waals surface area contributed by atoms with E-state index < -0.39 is 0 Å². The molecule has 1 atom stereocenters. The van der Waals surface area contributed by atoms with Crippen molar-refractivity contribution >= 4 is 23.2 Å².